The Hall–Kier alpha value is -1.07. The molecule has 0 bridgehead atoms. The van der Waals surface area contributed by atoms with Gasteiger partial charge >= 0.3 is 5.97 Å². The van der Waals surface area contributed by atoms with Gasteiger partial charge in [-0.15, -0.1) is 0 Å². The summed E-state index contributed by atoms with van der Waals surface area (Å²) in [5.74, 6) is -0.674. The summed E-state index contributed by atoms with van der Waals surface area (Å²) < 4.78 is 5.60. The van der Waals surface area contributed by atoms with E-state index in [1.54, 1.807) is 25.1 Å². The molecule has 20 heavy (non-hydrogen) atoms. The van der Waals surface area contributed by atoms with Crippen molar-refractivity contribution in [2.45, 2.75) is 26.8 Å². The molecule has 110 valence electrons. The summed E-state index contributed by atoms with van der Waals surface area (Å²) in [6, 6.07) is 4.83. The lowest BCUT2D eigenvalue weighted by Gasteiger charge is -2.26. The molecule has 0 unspecified atom stereocenters. The van der Waals surface area contributed by atoms with Crippen LogP contribution < -0.4 is 0 Å². The number of rotatable bonds is 5. The van der Waals surface area contributed by atoms with Crippen LogP contribution >= 0.6 is 27.5 Å². The Bertz CT molecular complexity index is 485. The van der Waals surface area contributed by atoms with Crippen LogP contribution in [0.5, 0.6) is 0 Å². The lowest BCUT2D eigenvalue weighted by atomic mass is 10.1. The number of hydrogen-bond donors (Lipinski definition) is 0. The highest BCUT2D eigenvalue weighted by atomic mass is 79.9. The Morgan fingerprint density at radius 1 is 1.35 bits per heavy atom. The number of carbonyl (C=O) groups excluding carboxylic acids is 2. The summed E-state index contributed by atoms with van der Waals surface area (Å²) in [5, 5.41) is 0.461. The molecule has 4 nitrogen and oxygen atoms in total. The minimum absolute atomic E-state index is 0.0749. The highest BCUT2D eigenvalue weighted by molar-refractivity contribution is 9.10. The number of amides is 1. The lowest BCUT2D eigenvalue weighted by molar-refractivity contribution is -0.144. The molecule has 0 aliphatic heterocycles. The van der Waals surface area contributed by atoms with Gasteiger partial charge in [-0.25, -0.2) is 0 Å². The van der Waals surface area contributed by atoms with E-state index in [2.05, 4.69) is 15.9 Å². The van der Waals surface area contributed by atoms with E-state index in [9.17, 15) is 9.59 Å². The maximum Gasteiger partial charge on any atom is 0.325 e. The van der Waals surface area contributed by atoms with Gasteiger partial charge in [0.25, 0.3) is 5.91 Å². The number of esters is 1. The molecule has 6 heteroatoms. The maximum absolute atomic E-state index is 12.5. The molecule has 0 spiro atoms. The van der Waals surface area contributed by atoms with Crippen LogP contribution in [0.25, 0.3) is 0 Å². The fraction of sp³-hybridized carbons (Fsp3) is 0.429. The Labute approximate surface area is 132 Å². The average Bonchev–Trinajstić information content (AvgIpc) is 2.34. The molecule has 0 saturated carbocycles. The molecule has 0 saturated heterocycles. The van der Waals surface area contributed by atoms with E-state index in [0.717, 1.165) is 0 Å². The third-order valence-corrected chi connectivity index (χ3v) is 3.27. The van der Waals surface area contributed by atoms with E-state index in [-0.39, 0.29) is 18.5 Å². The Morgan fingerprint density at radius 3 is 2.50 bits per heavy atom. The summed E-state index contributed by atoms with van der Waals surface area (Å²) >= 11 is 9.24. The first-order chi connectivity index (χ1) is 9.35. The SMILES string of the molecule is CCOC(=O)CN(C(=O)c1cc(Cl)cc(Br)c1)C(C)C. The largest absolute Gasteiger partial charge is 0.465 e. The van der Waals surface area contributed by atoms with Crippen molar-refractivity contribution in [1.82, 2.24) is 4.90 Å². The van der Waals surface area contributed by atoms with Crippen molar-refractivity contribution in [1.29, 1.82) is 0 Å². The summed E-state index contributed by atoms with van der Waals surface area (Å²) in [5.41, 5.74) is 0.433. The van der Waals surface area contributed by atoms with Gasteiger partial charge in [-0.05, 0) is 39.0 Å². The lowest BCUT2D eigenvalue weighted by Crippen LogP contribution is -2.41. The number of carbonyl (C=O) groups is 2. The molecule has 1 aromatic rings. The van der Waals surface area contributed by atoms with Crippen LogP contribution in [-0.4, -0.2) is 36.0 Å². The van der Waals surface area contributed by atoms with E-state index >= 15 is 0 Å². The van der Waals surface area contributed by atoms with Crippen molar-refractivity contribution in [3.8, 4) is 0 Å². The number of ether oxygens (including phenoxy) is 1. The van der Waals surface area contributed by atoms with Crippen molar-refractivity contribution in [3.05, 3.63) is 33.3 Å². The van der Waals surface area contributed by atoms with Gasteiger partial charge in [-0.3, -0.25) is 9.59 Å². The number of hydrogen-bond acceptors (Lipinski definition) is 3. The van der Waals surface area contributed by atoms with E-state index in [1.807, 2.05) is 13.8 Å². The Balaban J connectivity index is 2.96. The highest BCUT2D eigenvalue weighted by Gasteiger charge is 2.22. The normalized spacial score (nSPS) is 10.5. The van der Waals surface area contributed by atoms with Gasteiger partial charge in [-0.2, -0.15) is 0 Å². The van der Waals surface area contributed by atoms with Gasteiger partial charge in [0.15, 0.2) is 0 Å². The average molecular weight is 363 g/mol. The minimum atomic E-state index is -0.421. The van der Waals surface area contributed by atoms with Crippen LogP contribution in [0.4, 0.5) is 0 Å². The molecule has 0 fully saturated rings. The zero-order valence-corrected chi connectivity index (χ0v) is 14.0. The van der Waals surface area contributed by atoms with Crippen molar-refractivity contribution in [2.75, 3.05) is 13.2 Å². The Kier molecular flexibility index (Phi) is 6.49. The second-order valence-electron chi connectivity index (χ2n) is 4.49. The van der Waals surface area contributed by atoms with Crippen molar-refractivity contribution in [2.24, 2.45) is 0 Å². The molecule has 1 amide bonds. The van der Waals surface area contributed by atoms with Crippen molar-refractivity contribution < 1.29 is 14.3 Å². The third kappa shape index (κ3) is 4.80. The monoisotopic (exact) mass is 361 g/mol. The number of benzene rings is 1. The van der Waals surface area contributed by atoms with Crippen LogP contribution in [0.1, 0.15) is 31.1 Å². The molecule has 0 N–H and O–H groups in total. The topological polar surface area (TPSA) is 46.6 Å². The number of nitrogens with zero attached hydrogens (tertiary/aromatic N) is 1. The molecule has 0 radical (unpaired) electrons. The smallest absolute Gasteiger partial charge is 0.325 e. The first-order valence-corrected chi connectivity index (χ1v) is 7.45. The van der Waals surface area contributed by atoms with Gasteiger partial charge in [0.2, 0.25) is 0 Å². The third-order valence-electron chi connectivity index (χ3n) is 2.60. The fourth-order valence-corrected chi connectivity index (χ4v) is 2.54. The Morgan fingerprint density at radius 2 is 2.00 bits per heavy atom. The second kappa shape index (κ2) is 7.64. The van der Waals surface area contributed by atoms with Gasteiger partial charge in [0.05, 0.1) is 6.61 Å². The quantitative estimate of drug-likeness (QED) is 0.753. The van der Waals surface area contributed by atoms with E-state index < -0.39 is 5.97 Å². The summed E-state index contributed by atoms with van der Waals surface area (Å²) in [7, 11) is 0. The number of halogens is 2. The van der Waals surface area contributed by atoms with Crippen LogP contribution in [0.15, 0.2) is 22.7 Å². The molecule has 0 heterocycles. The van der Waals surface area contributed by atoms with E-state index in [1.165, 1.54) is 4.90 Å². The van der Waals surface area contributed by atoms with Crippen LogP contribution in [0, 0.1) is 0 Å². The minimum Gasteiger partial charge on any atom is -0.465 e. The summed E-state index contributed by atoms with van der Waals surface area (Å²) in [6.45, 7) is 5.64. The summed E-state index contributed by atoms with van der Waals surface area (Å²) in [4.78, 5) is 25.5. The van der Waals surface area contributed by atoms with Crippen molar-refractivity contribution in [3.63, 3.8) is 0 Å². The zero-order chi connectivity index (χ0) is 15.3. The summed E-state index contributed by atoms with van der Waals surface area (Å²) in [6.07, 6.45) is 0. The van der Waals surface area contributed by atoms with Gasteiger partial charge in [0.1, 0.15) is 6.54 Å². The molecule has 0 atom stereocenters. The fourth-order valence-electron chi connectivity index (χ4n) is 1.68. The predicted octanol–water partition coefficient (Wildman–Crippen LogP) is 3.52. The first kappa shape index (κ1) is 17.0. The molecular weight excluding hydrogens is 346 g/mol. The van der Waals surface area contributed by atoms with Crippen molar-refractivity contribution >= 4 is 39.4 Å². The maximum atomic E-state index is 12.5. The highest BCUT2D eigenvalue weighted by Crippen LogP contribution is 2.21. The zero-order valence-electron chi connectivity index (χ0n) is 11.7. The van der Waals surface area contributed by atoms with Gasteiger partial charge < -0.3 is 9.64 Å². The van der Waals surface area contributed by atoms with Gasteiger partial charge in [-0.1, -0.05) is 27.5 Å². The molecule has 0 aromatic heterocycles. The molecule has 0 aliphatic carbocycles. The molecule has 1 rings (SSSR count). The predicted molar refractivity (Wildman–Crippen MR) is 82.0 cm³/mol. The van der Waals surface area contributed by atoms with E-state index in [0.29, 0.717) is 21.7 Å². The van der Waals surface area contributed by atoms with Crippen LogP contribution in [0.3, 0.4) is 0 Å². The van der Waals surface area contributed by atoms with Crippen LogP contribution in [0.2, 0.25) is 5.02 Å². The van der Waals surface area contributed by atoms with Gasteiger partial charge in [0, 0.05) is 21.1 Å². The molecular formula is C14H17BrClNO3. The van der Waals surface area contributed by atoms with Crippen LogP contribution in [-0.2, 0) is 9.53 Å². The van der Waals surface area contributed by atoms with E-state index in [4.69, 9.17) is 16.3 Å². The molecule has 1 aromatic carbocycles. The first-order valence-electron chi connectivity index (χ1n) is 6.27. The second-order valence-corrected chi connectivity index (χ2v) is 5.84. The standard InChI is InChI=1S/C14H17BrClNO3/c1-4-20-13(18)8-17(9(2)3)14(19)10-5-11(15)7-12(16)6-10/h5-7,9H,4,8H2,1-3H3. The molecule has 0 aliphatic rings.